The number of hydrogen-bond donors (Lipinski definition) is 1. The number of aromatic nitrogens is 1. The molecule has 0 saturated carbocycles. The molecule has 7 heteroatoms. The molecule has 2 rings (SSSR count). The molecule has 1 N–H and O–H groups in total. The minimum atomic E-state index is -1.27. The second-order valence-corrected chi connectivity index (χ2v) is 5.54. The van der Waals surface area contributed by atoms with Crippen LogP contribution in [0.4, 0.5) is 4.39 Å². The summed E-state index contributed by atoms with van der Waals surface area (Å²) in [7, 11) is 0. The van der Waals surface area contributed by atoms with E-state index >= 15 is 0 Å². The number of carboxylic acid groups (broad SMARTS) is 1. The third kappa shape index (κ3) is 2.71. The van der Waals surface area contributed by atoms with Gasteiger partial charge in [0.2, 0.25) is 0 Å². The number of nitrogens with zero attached hydrogens (tertiary/aromatic N) is 1. The molecule has 0 atom stereocenters. The van der Waals surface area contributed by atoms with E-state index in [1.54, 1.807) is 6.07 Å². The first-order valence-corrected chi connectivity index (χ1v) is 6.71. The van der Waals surface area contributed by atoms with Crippen LogP contribution in [0.5, 0.6) is 0 Å². The second-order valence-electron chi connectivity index (χ2n) is 3.69. The molecule has 2 aromatic rings. The third-order valence-corrected chi connectivity index (χ3v) is 4.16. The van der Waals surface area contributed by atoms with Crippen LogP contribution < -0.4 is 0 Å². The average Bonchev–Trinajstić information content (AvgIpc) is 2.78. The number of ketones is 1. The van der Waals surface area contributed by atoms with Gasteiger partial charge in [-0.15, -0.1) is 11.3 Å². The van der Waals surface area contributed by atoms with Crippen LogP contribution in [0.3, 0.4) is 0 Å². The van der Waals surface area contributed by atoms with Gasteiger partial charge >= 0.3 is 5.97 Å². The zero-order valence-corrected chi connectivity index (χ0v) is 12.0. The predicted molar refractivity (Wildman–Crippen MR) is 72.2 cm³/mol. The number of thiazole rings is 1. The van der Waals surface area contributed by atoms with Crippen LogP contribution in [-0.4, -0.2) is 21.8 Å². The molecule has 0 unspecified atom stereocenters. The summed E-state index contributed by atoms with van der Waals surface area (Å²) in [6.07, 6.45) is 0. The lowest BCUT2D eigenvalue weighted by molar-refractivity contribution is 0.0687. The normalized spacial score (nSPS) is 10.5. The number of hydrogen-bond acceptors (Lipinski definition) is 4. The topological polar surface area (TPSA) is 67.3 Å². The molecular weight excluding hydrogens is 337 g/mol. The Hall–Kier alpha value is -1.60. The van der Waals surface area contributed by atoms with Gasteiger partial charge in [-0.25, -0.2) is 14.2 Å². The van der Waals surface area contributed by atoms with Crippen molar-refractivity contribution in [1.29, 1.82) is 0 Å². The van der Waals surface area contributed by atoms with Gasteiger partial charge in [0, 0.05) is 12.5 Å². The van der Waals surface area contributed by atoms with E-state index in [9.17, 15) is 14.0 Å². The molecule has 0 aliphatic heterocycles. The summed E-state index contributed by atoms with van der Waals surface area (Å²) < 4.78 is 13.7. The molecule has 19 heavy (non-hydrogen) atoms. The molecule has 0 radical (unpaired) electrons. The number of aromatic carboxylic acids is 1. The van der Waals surface area contributed by atoms with Crippen molar-refractivity contribution in [2.24, 2.45) is 0 Å². The van der Waals surface area contributed by atoms with Gasteiger partial charge in [-0.2, -0.15) is 0 Å². The van der Waals surface area contributed by atoms with Crippen molar-refractivity contribution < 1.29 is 19.1 Å². The fraction of sp³-hybridized carbons (Fsp3) is 0.0833. The summed E-state index contributed by atoms with van der Waals surface area (Å²) in [6, 6.07) is 4.33. The number of Topliss-reactive ketones (excluding diaryl/α,β-unsaturated/α-hetero) is 1. The van der Waals surface area contributed by atoms with Crippen LogP contribution in [-0.2, 0) is 0 Å². The molecular formula is C12H7BrFNO3S. The van der Waals surface area contributed by atoms with Gasteiger partial charge in [0.05, 0.1) is 4.47 Å². The van der Waals surface area contributed by atoms with E-state index in [0.717, 1.165) is 11.3 Å². The highest BCUT2D eigenvalue weighted by molar-refractivity contribution is 9.10. The van der Waals surface area contributed by atoms with Crippen molar-refractivity contribution in [1.82, 2.24) is 4.98 Å². The van der Waals surface area contributed by atoms with Crippen molar-refractivity contribution in [3.05, 3.63) is 39.1 Å². The Labute approximate surface area is 120 Å². The maximum atomic E-state index is 13.4. The first-order chi connectivity index (χ1) is 8.90. The molecule has 1 aromatic heterocycles. The van der Waals surface area contributed by atoms with Crippen LogP contribution in [0.15, 0.2) is 22.7 Å². The standard InChI is InChI=1S/C12H7BrFNO3S/c1-5(16)10-9(12(17)18)15-11(19-10)6-2-3-7(13)8(14)4-6/h2-4H,1H3,(H,17,18). The Bertz CT molecular complexity index is 652. The number of carbonyl (C=O) groups excluding carboxylic acids is 1. The van der Waals surface area contributed by atoms with E-state index in [1.807, 2.05) is 0 Å². The van der Waals surface area contributed by atoms with Crippen LogP contribution in [0, 0.1) is 5.82 Å². The zero-order valence-electron chi connectivity index (χ0n) is 9.61. The van der Waals surface area contributed by atoms with Gasteiger partial charge < -0.3 is 5.11 Å². The molecule has 0 fully saturated rings. The maximum Gasteiger partial charge on any atom is 0.356 e. The van der Waals surface area contributed by atoms with Crippen molar-refractivity contribution in [3.63, 3.8) is 0 Å². The van der Waals surface area contributed by atoms with Crippen molar-refractivity contribution in [2.75, 3.05) is 0 Å². The Morgan fingerprint density at radius 1 is 1.42 bits per heavy atom. The third-order valence-electron chi connectivity index (χ3n) is 2.32. The van der Waals surface area contributed by atoms with E-state index in [2.05, 4.69) is 20.9 Å². The summed E-state index contributed by atoms with van der Waals surface area (Å²) >= 11 is 3.97. The van der Waals surface area contributed by atoms with Gasteiger partial charge in [-0.05, 0) is 28.1 Å². The first kappa shape index (κ1) is 13.8. The molecule has 4 nitrogen and oxygen atoms in total. The van der Waals surface area contributed by atoms with Gasteiger partial charge in [0.25, 0.3) is 0 Å². The van der Waals surface area contributed by atoms with E-state index < -0.39 is 11.8 Å². The SMILES string of the molecule is CC(=O)c1sc(-c2ccc(Br)c(F)c2)nc1C(=O)O. The molecule has 0 aliphatic rings. The summed E-state index contributed by atoms with van der Waals surface area (Å²) in [4.78, 5) is 26.3. The molecule has 0 amide bonds. The number of rotatable bonds is 3. The highest BCUT2D eigenvalue weighted by Crippen LogP contribution is 2.30. The summed E-state index contributed by atoms with van der Waals surface area (Å²) in [5, 5.41) is 9.28. The fourth-order valence-corrected chi connectivity index (χ4v) is 2.65. The highest BCUT2D eigenvalue weighted by Gasteiger charge is 2.21. The highest BCUT2D eigenvalue weighted by atomic mass is 79.9. The molecule has 0 aliphatic carbocycles. The number of carboxylic acids is 1. The molecule has 1 aromatic carbocycles. The van der Waals surface area contributed by atoms with E-state index in [-0.39, 0.29) is 16.4 Å². The number of carbonyl (C=O) groups is 2. The van der Waals surface area contributed by atoms with Gasteiger partial charge in [0.1, 0.15) is 15.7 Å². The van der Waals surface area contributed by atoms with E-state index in [4.69, 9.17) is 5.11 Å². The molecule has 0 saturated heterocycles. The Morgan fingerprint density at radius 2 is 2.11 bits per heavy atom. The average molecular weight is 344 g/mol. The minimum absolute atomic E-state index is 0.0610. The molecule has 98 valence electrons. The lowest BCUT2D eigenvalue weighted by Gasteiger charge is -1.98. The van der Waals surface area contributed by atoms with E-state index in [1.165, 1.54) is 19.1 Å². The Balaban J connectivity index is 2.57. The van der Waals surface area contributed by atoms with Crippen LogP contribution >= 0.6 is 27.3 Å². The summed E-state index contributed by atoms with van der Waals surface area (Å²) in [6.45, 7) is 1.27. The monoisotopic (exact) mass is 343 g/mol. The maximum absolute atomic E-state index is 13.4. The molecule has 0 bridgehead atoms. The first-order valence-electron chi connectivity index (χ1n) is 5.10. The van der Waals surface area contributed by atoms with Gasteiger partial charge in [-0.3, -0.25) is 4.79 Å². The number of halogens is 2. The Morgan fingerprint density at radius 3 is 2.58 bits per heavy atom. The minimum Gasteiger partial charge on any atom is -0.476 e. The fourth-order valence-electron chi connectivity index (χ4n) is 1.46. The van der Waals surface area contributed by atoms with Crippen LogP contribution in [0.1, 0.15) is 27.1 Å². The van der Waals surface area contributed by atoms with Gasteiger partial charge in [0.15, 0.2) is 11.5 Å². The van der Waals surface area contributed by atoms with E-state index in [0.29, 0.717) is 15.0 Å². The van der Waals surface area contributed by atoms with Crippen molar-refractivity contribution in [3.8, 4) is 10.6 Å². The zero-order chi connectivity index (χ0) is 14.2. The quantitative estimate of drug-likeness (QED) is 0.864. The van der Waals surface area contributed by atoms with Crippen LogP contribution in [0.2, 0.25) is 0 Å². The van der Waals surface area contributed by atoms with Crippen molar-refractivity contribution >= 4 is 39.0 Å². The molecule has 1 heterocycles. The second kappa shape index (κ2) is 5.18. The summed E-state index contributed by atoms with van der Waals surface area (Å²) in [5.41, 5.74) is 0.136. The Kier molecular flexibility index (Phi) is 3.77. The predicted octanol–water partition coefficient (Wildman–Crippen LogP) is 3.61. The molecule has 0 spiro atoms. The van der Waals surface area contributed by atoms with Crippen LogP contribution in [0.25, 0.3) is 10.6 Å². The van der Waals surface area contributed by atoms with Crippen molar-refractivity contribution in [2.45, 2.75) is 6.92 Å². The smallest absolute Gasteiger partial charge is 0.356 e. The lowest BCUT2D eigenvalue weighted by Crippen LogP contribution is -2.03. The number of benzene rings is 1. The summed E-state index contributed by atoms with van der Waals surface area (Å²) in [5.74, 6) is -2.13. The van der Waals surface area contributed by atoms with Gasteiger partial charge in [-0.1, -0.05) is 6.07 Å². The lowest BCUT2D eigenvalue weighted by atomic mass is 10.2. The largest absolute Gasteiger partial charge is 0.476 e.